The fraction of sp³-hybridized carbons (Fsp3) is 0.682. The number of amides is 1. The first kappa shape index (κ1) is 21.7. The zero-order valence-corrected chi connectivity index (χ0v) is 17.3. The van der Waals surface area contributed by atoms with E-state index in [2.05, 4.69) is 17.1 Å². The van der Waals surface area contributed by atoms with Gasteiger partial charge in [0.25, 0.3) is 5.91 Å². The van der Waals surface area contributed by atoms with Gasteiger partial charge in [-0.3, -0.25) is 9.69 Å². The Balaban J connectivity index is 1.78. The van der Waals surface area contributed by atoms with Crippen molar-refractivity contribution >= 4 is 11.6 Å². The molecule has 1 atom stereocenters. The second-order valence-corrected chi connectivity index (χ2v) is 7.62. The standard InChI is InChI=1S/C22H36N2O3/c1-4-5-7-14-22(2,26-3)21(25)23-19-10-12-20(13-11-19)27-18-17-24-15-8-6-9-16-24/h10-13H,4-9,14-18H2,1-3H3,(H,23,25)/t22-/m1/s1. The molecule has 1 saturated heterocycles. The average Bonchev–Trinajstić information content (AvgIpc) is 2.70. The highest BCUT2D eigenvalue weighted by atomic mass is 16.5. The van der Waals surface area contributed by atoms with E-state index in [1.807, 2.05) is 31.2 Å². The molecule has 2 rings (SSSR count). The third-order valence-corrected chi connectivity index (χ3v) is 5.43. The molecule has 27 heavy (non-hydrogen) atoms. The largest absolute Gasteiger partial charge is 0.492 e. The van der Waals surface area contributed by atoms with Crippen LogP contribution >= 0.6 is 0 Å². The van der Waals surface area contributed by atoms with Crippen molar-refractivity contribution in [1.82, 2.24) is 4.90 Å². The van der Waals surface area contributed by atoms with E-state index in [-0.39, 0.29) is 5.91 Å². The number of carbonyl (C=O) groups is 1. The Labute approximate surface area is 164 Å². The number of rotatable bonds is 11. The molecule has 1 aliphatic rings. The lowest BCUT2D eigenvalue weighted by atomic mass is 9.97. The van der Waals surface area contributed by atoms with Crippen LogP contribution in [-0.4, -0.2) is 49.8 Å². The Morgan fingerprint density at radius 1 is 1.15 bits per heavy atom. The minimum absolute atomic E-state index is 0.0973. The fourth-order valence-corrected chi connectivity index (χ4v) is 3.39. The van der Waals surface area contributed by atoms with E-state index in [0.717, 1.165) is 43.7 Å². The molecule has 0 aromatic heterocycles. The summed E-state index contributed by atoms with van der Waals surface area (Å²) in [4.78, 5) is 15.1. The first-order valence-corrected chi connectivity index (χ1v) is 10.4. The molecule has 1 fully saturated rings. The number of nitrogens with zero attached hydrogens (tertiary/aromatic N) is 1. The Morgan fingerprint density at radius 3 is 2.48 bits per heavy atom. The zero-order chi connectivity index (χ0) is 19.5. The molecule has 1 amide bonds. The molecule has 152 valence electrons. The maximum absolute atomic E-state index is 12.6. The van der Waals surface area contributed by atoms with Gasteiger partial charge in [-0.25, -0.2) is 0 Å². The van der Waals surface area contributed by atoms with Gasteiger partial charge in [-0.05, 0) is 63.5 Å². The van der Waals surface area contributed by atoms with Gasteiger partial charge in [0, 0.05) is 19.3 Å². The number of methoxy groups -OCH3 is 1. The highest BCUT2D eigenvalue weighted by Gasteiger charge is 2.32. The van der Waals surface area contributed by atoms with Crippen molar-refractivity contribution in [2.45, 2.75) is 64.4 Å². The van der Waals surface area contributed by atoms with Gasteiger partial charge in [-0.15, -0.1) is 0 Å². The molecule has 1 aromatic carbocycles. The van der Waals surface area contributed by atoms with Crippen molar-refractivity contribution in [3.05, 3.63) is 24.3 Å². The van der Waals surface area contributed by atoms with Gasteiger partial charge in [-0.1, -0.05) is 32.6 Å². The second-order valence-electron chi connectivity index (χ2n) is 7.62. The highest BCUT2D eigenvalue weighted by molar-refractivity contribution is 5.97. The Kier molecular flexibility index (Phi) is 9.08. The van der Waals surface area contributed by atoms with Crippen molar-refractivity contribution in [2.75, 3.05) is 38.7 Å². The van der Waals surface area contributed by atoms with Crippen LogP contribution in [0.25, 0.3) is 0 Å². The summed E-state index contributed by atoms with van der Waals surface area (Å²) in [6, 6.07) is 7.59. The van der Waals surface area contributed by atoms with E-state index in [0.29, 0.717) is 6.61 Å². The molecule has 0 radical (unpaired) electrons. The number of piperidine rings is 1. The summed E-state index contributed by atoms with van der Waals surface area (Å²) < 4.78 is 11.4. The number of hydrogen-bond acceptors (Lipinski definition) is 4. The first-order valence-electron chi connectivity index (χ1n) is 10.4. The molecule has 1 N–H and O–H groups in total. The monoisotopic (exact) mass is 376 g/mol. The van der Waals surface area contributed by atoms with E-state index in [9.17, 15) is 4.79 Å². The number of unbranched alkanes of at least 4 members (excludes halogenated alkanes) is 2. The summed E-state index contributed by atoms with van der Waals surface area (Å²) in [5.41, 5.74) is -0.0270. The number of carbonyl (C=O) groups excluding carboxylic acids is 1. The predicted octanol–water partition coefficient (Wildman–Crippen LogP) is 4.48. The summed E-state index contributed by atoms with van der Waals surface area (Å²) >= 11 is 0. The van der Waals surface area contributed by atoms with Gasteiger partial charge in [0.15, 0.2) is 0 Å². The summed E-state index contributed by atoms with van der Waals surface area (Å²) in [5, 5.41) is 2.97. The molecule has 0 bridgehead atoms. The predicted molar refractivity (Wildman–Crippen MR) is 110 cm³/mol. The second kappa shape index (κ2) is 11.3. The minimum atomic E-state index is -0.793. The van der Waals surface area contributed by atoms with Gasteiger partial charge in [0.2, 0.25) is 0 Å². The molecule has 0 spiro atoms. The first-order chi connectivity index (χ1) is 13.1. The van der Waals surface area contributed by atoms with Crippen LogP contribution in [0.5, 0.6) is 5.75 Å². The number of anilines is 1. The lowest BCUT2D eigenvalue weighted by molar-refractivity contribution is -0.136. The van der Waals surface area contributed by atoms with Gasteiger partial charge in [0.1, 0.15) is 18.0 Å². The van der Waals surface area contributed by atoms with Crippen LogP contribution in [0, 0.1) is 0 Å². The van der Waals surface area contributed by atoms with Crippen molar-refractivity contribution in [2.24, 2.45) is 0 Å². The van der Waals surface area contributed by atoms with Crippen molar-refractivity contribution in [3.8, 4) is 5.75 Å². The molecule has 1 heterocycles. The lowest BCUT2D eigenvalue weighted by Crippen LogP contribution is -2.41. The van der Waals surface area contributed by atoms with Crippen LogP contribution in [-0.2, 0) is 9.53 Å². The average molecular weight is 377 g/mol. The summed E-state index contributed by atoms with van der Waals surface area (Å²) in [6.07, 6.45) is 7.89. The van der Waals surface area contributed by atoms with E-state index in [1.54, 1.807) is 7.11 Å². The van der Waals surface area contributed by atoms with E-state index in [4.69, 9.17) is 9.47 Å². The topological polar surface area (TPSA) is 50.8 Å². The van der Waals surface area contributed by atoms with E-state index < -0.39 is 5.60 Å². The van der Waals surface area contributed by atoms with E-state index >= 15 is 0 Å². The highest BCUT2D eigenvalue weighted by Crippen LogP contribution is 2.22. The Hall–Kier alpha value is -1.59. The fourth-order valence-electron chi connectivity index (χ4n) is 3.39. The maximum Gasteiger partial charge on any atom is 0.256 e. The SMILES string of the molecule is CCCCC[C@@](C)(OC)C(=O)Nc1ccc(OCCN2CCCCC2)cc1. The van der Waals surface area contributed by atoms with Crippen LogP contribution in [0.15, 0.2) is 24.3 Å². The summed E-state index contributed by atoms with van der Waals surface area (Å²) in [7, 11) is 1.60. The van der Waals surface area contributed by atoms with Crippen molar-refractivity contribution in [3.63, 3.8) is 0 Å². The van der Waals surface area contributed by atoms with Crippen LogP contribution in [0.4, 0.5) is 5.69 Å². The normalized spacial score (nSPS) is 17.3. The van der Waals surface area contributed by atoms with Gasteiger partial charge in [0.05, 0.1) is 0 Å². The van der Waals surface area contributed by atoms with Crippen LogP contribution in [0.1, 0.15) is 58.8 Å². The van der Waals surface area contributed by atoms with Crippen molar-refractivity contribution in [1.29, 1.82) is 0 Å². The van der Waals surface area contributed by atoms with Crippen molar-refractivity contribution < 1.29 is 14.3 Å². The molecule has 0 saturated carbocycles. The van der Waals surface area contributed by atoms with Crippen LogP contribution in [0.2, 0.25) is 0 Å². The molecular weight excluding hydrogens is 340 g/mol. The molecule has 1 aliphatic heterocycles. The Bertz CT molecular complexity index is 555. The number of ether oxygens (including phenoxy) is 2. The summed E-state index contributed by atoms with van der Waals surface area (Å²) in [5.74, 6) is 0.738. The smallest absolute Gasteiger partial charge is 0.256 e. The molecule has 5 heteroatoms. The third-order valence-electron chi connectivity index (χ3n) is 5.43. The summed E-state index contributed by atoms with van der Waals surface area (Å²) in [6.45, 7) is 8.06. The van der Waals surface area contributed by atoms with E-state index in [1.165, 1.54) is 32.4 Å². The molecule has 5 nitrogen and oxygen atoms in total. The minimum Gasteiger partial charge on any atom is -0.492 e. The third kappa shape index (κ3) is 7.15. The number of hydrogen-bond donors (Lipinski definition) is 1. The number of likely N-dealkylation sites (tertiary alicyclic amines) is 1. The van der Waals surface area contributed by atoms with Gasteiger partial charge >= 0.3 is 0 Å². The van der Waals surface area contributed by atoms with Gasteiger partial charge in [-0.2, -0.15) is 0 Å². The lowest BCUT2D eigenvalue weighted by Gasteiger charge is -2.27. The van der Waals surface area contributed by atoms with Crippen LogP contribution in [0.3, 0.4) is 0 Å². The van der Waals surface area contributed by atoms with Gasteiger partial charge < -0.3 is 14.8 Å². The number of nitrogens with one attached hydrogen (secondary N) is 1. The molecule has 0 aliphatic carbocycles. The molecular formula is C22H36N2O3. The quantitative estimate of drug-likeness (QED) is 0.579. The molecule has 0 unspecified atom stereocenters. The molecule has 1 aromatic rings. The zero-order valence-electron chi connectivity index (χ0n) is 17.3. The maximum atomic E-state index is 12.6. The van der Waals surface area contributed by atoms with Crippen LogP contribution < -0.4 is 10.1 Å². The Morgan fingerprint density at radius 2 is 1.85 bits per heavy atom. The number of benzene rings is 1.